The van der Waals surface area contributed by atoms with E-state index >= 15 is 0 Å². The van der Waals surface area contributed by atoms with Gasteiger partial charge in [-0.15, -0.1) is 11.3 Å². The molecule has 1 aromatic heterocycles. The fraction of sp³-hybridized carbons (Fsp3) is 0.450. The highest BCUT2D eigenvalue weighted by Gasteiger charge is 2.34. The Hall–Kier alpha value is -1.65. The molecule has 3 nitrogen and oxygen atoms in total. The van der Waals surface area contributed by atoms with Crippen LogP contribution in [0.1, 0.15) is 58.5 Å². The highest BCUT2D eigenvalue weighted by Crippen LogP contribution is 2.45. The lowest BCUT2D eigenvalue weighted by molar-refractivity contribution is 0.0994. The van der Waals surface area contributed by atoms with Gasteiger partial charge in [0, 0.05) is 25.4 Å². The number of Topliss-reactive ketones (excluding diaryl/α,β-unsaturated/α-hetero) is 1. The Morgan fingerprint density at radius 3 is 2.54 bits per heavy atom. The van der Waals surface area contributed by atoms with Crippen LogP contribution in [0.25, 0.3) is 0 Å². The van der Waals surface area contributed by atoms with E-state index in [1.807, 2.05) is 0 Å². The Kier molecular flexibility index (Phi) is 4.19. The van der Waals surface area contributed by atoms with E-state index in [9.17, 15) is 4.79 Å². The molecule has 1 atom stereocenters. The van der Waals surface area contributed by atoms with Crippen LogP contribution >= 0.6 is 11.3 Å². The molecule has 1 aliphatic heterocycles. The SMILES string of the molecule is CC(C)c1ccc(C2CC(=O)c3sc(N4CCOCC4)cc32)cc1. The Balaban J connectivity index is 1.63. The first-order valence-electron chi connectivity index (χ1n) is 8.73. The maximum absolute atomic E-state index is 12.5. The number of hydrogen-bond donors (Lipinski definition) is 0. The predicted molar refractivity (Wildman–Crippen MR) is 98.7 cm³/mol. The summed E-state index contributed by atoms with van der Waals surface area (Å²) < 4.78 is 5.44. The molecule has 2 aromatic rings. The van der Waals surface area contributed by atoms with Crippen LogP contribution in [0.2, 0.25) is 0 Å². The van der Waals surface area contributed by atoms with E-state index in [1.54, 1.807) is 11.3 Å². The summed E-state index contributed by atoms with van der Waals surface area (Å²) in [6, 6.07) is 11.1. The van der Waals surface area contributed by atoms with Crippen molar-refractivity contribution in [2.24, 2.45) is 0 Å². The molecule has 0 saturated carbocycles. The number of nitrogens with zero attached hydrogens (tertiary/aromatic N) is 1. The second kappa shape index (κ2) is 6.34. The normalized spacial score (nSPS) is 20.7. The van der Waals surface area contributed by atoms with E-state index in [4.69, 9.17) is 4.74 Å². The van der Waals surface area contributed by atoms with E-state index in [-0.39, 0.29) is 5.92 Å². The Labute approximate surface area is 147 Å². The van der Waals surface area contributed by atoms with Crippen LogP contribution < -0.4 is 4.90 Å². The summed E-state index contributed by atoms with van der Waals surface area (Å²) in [6.45, 7) is 7.80. The standard InChI is InChI=1S/C20H23NO2S/c1-13(2)14-3-5-15(6-4-14)16-11-18(22)20-17(16)12-19(24-20)21-7-9-23-10-8-21/h3-6,12-13,16H,7-11H2,1-2H3. The highest BCUT2D eigenvalue weighted by atomic mass is 32.1. The zero-order chi connectivity index (χ0) is 16.7. The molecule has 2 aliphatic rings. The maximum Gasteiger partial charge on any atom is 0.174 e. The molecule has 2 heterocycles. The molecule has 1 aromatic carbocycles. The van der Waals surface area contributed by atoms with Crippen molar-refractivity contribution in [3.63, 3.8) is 0 Å². The summed E-state index contributed by atoms with van der Waals surface area (Å²) in [5, 5.41) is 1.22. The van der Waals surface area contributed by atoms with Crippen molar-refractivity contribution < 1.29 is 9.53 Å². The number of thiophene rings is 1. The van der Waals surface area contributed by atoms with Crippen LogP contribution in [0.3, 0.4) is 0 Å². The van der Waals surface area contributed by atoms with Gasteiger partial charge in [-0.1, -0.05) is 38.1 Å². The number of rotatable bonds is 3. The van der Waals surface area contributed by atoms with E-state index in [0.29, 0.717) is 18.1 Å². The number of morpholine rings is 1. The molecule has 1 fully saturated rings. The van der Waals surface area contributed by atoms with Crippen LogP contribution in [0, 0.1) is 0 Å². The highest BCUT2D eigenvalue weighted by molar-refractivity contribution is 7.18. The number of benzene rings is 1. The molecule has 126 valence electrons. The summed E-state index contributed by atoms with van der Waals surface area (Å²) in [6.07, 6.45) is 0.617. The van der Waals surface area contributed by atoms with Gasteiger partial charge in [0.25, 0.3) is 0 Å². The minimum Gasteiger partial charge on any atom is -0.378 e. The molecule has 0 bridgehead atoms. The molecule has 24 heavy (non-hydrogen) atoms. The van der Waals surface area contributed by atoms with Gasteiger partial charge in [-0.05, 0) is 28.7 Å². The third kappa shape index (κ3) is 2.78. The van der Waals surface area contributed by atoms with Gasteiger partial charge in [0.05, 0.1) is 23.1 Å². The van der Waals surface area contributed by atoms with Gasteiger partial charge in [0.15, 0.2) is 5.78 Å². The molecule has 0 N–H and O–H groups in total. The van der Waals surface area contributed by atoms with Crippen molar-refractivity contribution in [1.29, 1.82) is 0 Å². The zero-order valence-corrected chi connectivity index (χ0v) is 15.1. The quantitative estimate of drug-likeness (QED) is 0.827. The maximum atomic E-state index is 12.5. The fourth-order valence-electron chi connectivity index (χ4n) is 3.61. The summed E-state index contributed by atoms with van der Waals surface area (Å²) in [7, 11) is 0. The minimum atomic E-state index is 0.222. The largest absolute Gasteiger partial charge is 0.378 e. The first-order valence-corrected chi connectivity index (χ1v) is 9.54. The van der Waals surface area contributed by atoms with Gasteiger partial charge in [-0.25, -0.2) is 0 Å². The van der Waals surface area contributed by atoms with Gasteiger partial charge in [0.1, 0.15) is 0 Å². The van der Waals surface area contributed by atoms with Crippen molar-refractivity contribution in [2.75, 3.05) is 31.2 Å². The first kappa shape index (κ1) is 15.9. The van der Waals surface area contributed by atoms with Gasteiger partial charge >= 0.3 is 0 Å². The van der Waals surface area contributed by atoms with E-state index < -0.39 is 0 Å². The van der Waals surface area contributed by atoms with Crippen molar-refractivity contribution in [3.8, 4) is 0 Å². The summed E-state index contributed by atoms with van der Waals surface area (Å²) in [5.74, 6) is 1.06. The van der Waals surface area contributed by atoms with Gasteiger partial charge < -0.3 is 9.64 Å². The number of carbonyl (C=O) groups excluding carboxylic acids is 1. The lowest BCUT2D eigenvalue weighted by atomic mass is 9.92. The van der Waals surface area contributed by atoms with Crippen LogP contribution in [-0.2, 0) is 4.74 Å². The topological polar surface area (TPSA) is 29.5 Å². The molecule has 0 spiro atoms. The van der Waals surface area contributed by atoms with Crippen LogP contribution in [0.4, 0.5) is 5.00 Å². The smallest absolute Gasteiger partial charge is 0.174 e. The minimum absolute atomic E-state index is 0.222. The second-order valence-electron chi connectivity index (χ2n) is 6.97. The first-order chi connectivity index (χ1) is 11.6. The third-order valence-electron chi connectivity index (χ3n) is 5.09. The molecule has 0 amide bonds. The molecule has 4 rings (SSSR count). The van der Waals surface area contributed by atoms with Gasteiger partial charge in [-0.2, -0.15) is 0 Å². The second-order valence-corrected chi connectivity index (χ2v) is 8.00. The number of fused-ring (bicyclic) bond motifs is 1. The average molecular weight is 341 g/mol. The lowest BCUT2D eigenvalue weighted by Gasteiger charge is -2.27. The van der Waals surface area contributed by atoms with Crippen LogP contribution in [0.15, 0.2) is 30.3 Å². The average Bonchev–Trinajstić information content (AvgIpc) is 3.17. The van der Waals surface area contributed by atoms with E-state index in [1.165, 1.54) is 21.7 Å². The number of anilines is 1. The molecule has 1 saturated heterocycles. The predicted octanol–water partition coefficient (Wildman–Crippen LogP) is 4.43. The third-order valence-corrected chi connectivity index (χ3v) is 6.35. The fourth-order valence-corrected chi connectivity index (χ4v) is 4.83. The van der Waals surface area contributed by atoms with Gasteiger partial charge in [0.2, 0.25) is 0 Å². The molecule has 4 heteroatoms. The summed E-state index contributed by atoms with van der Waals surface area (Å²) in [4.78, 5) is 15.8. The lowest BCUT2D eigenvalue weighted by Crippen LogP contribution is -2.35. The Bertz CT molecular complexity index is 741. The van der Waals surface area contributed by atoms with E-state index in [0.717, 1.165) is 31.2 Å². The molecular weight excluding hydrogens is 318 g/mol. The number of ketones is 1. The van der Waals surface area contributed by atoms with Crippen LogP contribution in [-0.4, -0.2) is 32.1 Å². The summed E-state index contributed by atoms with van der Waals surface area (Å²) >= 11 is 1.66. The zero-order valence-electron chi connectivity index (χ0n) is 14.2. The van der Waals surface area contributed by atoms with Gasteiger partial charge in [-0.3, -0.25) is 4.79 Å². The number of carbonyl (C=O) groups is 1. The Morgan fingerprint density at radius 1 is 1.17 bits per heavy atom. The van der Waals surface area contributed by atoms with Crippen LogP contribution in [0.5, 0.6) is 0 Å². The Morgan fingerprint density at radius 2 is 1.88 bits per heavy atom. The van der Waals surface area contributed by atoms with Crippen molar-refractivity contribution >= 4 is 22.1 Å². The number of hydrogen-bond acceptors (Lipinski definition) is 4. The summed E-state index contributed by atoms with van der Waals surface area (Å²) in [5.41, 5.74) is 3.84. The van der Waals surface area contributed by atoms with Crippen molar-refractivity contribution in [3.05, 3.63) is 51.9 Å². The molecular formula is C20H23NO2S. The van der Waals surface area contributed by atoms with Crippen molar-refractivity contribution in [1.82, 2.24) is 0 Å². The molecule has 1 unspecified atom stereocenters. The monoisotopic (exact) mass is 341 g/mol. The molecule has 1 aliphatic carbocycles. The van der Waals surface area contributed by atoms with Crippen molar-refractivity contribution in [2.45, 2.75) is 32.1 Å². The number of ether oxygens (including phenoxy) is 1. The van der Waals surface area contributed by atoms with E-state index in [2.05, 4.69) is 49.1 Å². The molecule has 0 radical (unpaired) electrons.